The Morgan fingerprint density at radius 2 is 2.15 bits per heavy atom. The number of nitrogens with one attached hydrogen (secondary N) is 1. The molecule has 0 aliphatic heterocycles. The number of carboxylic acids is 1. The Kier molecular flexibility index (Phi) is 5.67. The van der Waals surface area contributed by atoms with E-state index in [9.17, 15) is 9.59 Å². The zero-order valence-electron chi connectivity index (χ0n) is 12.2. The van der Waals surface area contributed by atoms with Crippen molar-refractivity contribution in [1.82, 2.24) is 10.3 Å². The minimum absolute atomic E-state index is 0.297. The Balaban J connectivity index is 2.80. The maximum atomic E-state index is 12.3. The van der Waals surface area contributed by atoms with Gasteiger partial charge in [0, 0.05) is 12.4 Å². The van der Waals surface area contributed by atoms with Gasteiger partial charge in [-0.2, -0.15) is 0 Å². The lowest BCUT2D eigenvalue weighted by molar-refractivity contribution is -0.142. The van der Waals surface area contributed by atoms with Crippen LogP contribution in [0.2, 0.25) is 0 Å². The van der Waals surface area contributed by atoms with E-state index in [4.69, 9.17) is 5.11 Å². The smallest absolute Gasteiger partial charge is 0.326 e. The lowest BCUT2D eigenvalue weighted by Crippen LogP contribution is -2.48. The molecule has 0 aromatic carbocycles. The van der Waals surface area contributed by atoms with Crippen LogP contribution in [-0.2, 0) is 15.0 Å². The Labute approximate surface area is 119 Å². The van der Waals surface area contributed by atoms with E-state index in [-0.39, 0.29) is 5.91 Å². The van der Waals surface area contributed by atoms with Gasteiger partial charge in [0.05, 0.1) is 5.41 Å². The fourth-order valence-corrected chi connectivity index (χ4v) is 1.87. The molecule has 1 aromatic heterocycles. The largest absolute Gasteiger partial charge is 0.480 e. The molecule has 1 unspecified atom stereocenters. The minimum atomic E-state index is -0.992. The molecule has 0 bridgehead atoms. The Hall–Kier alpha value is -1.91. The number of carbonyl (C=O) groups is 2. The van der Waals surface area contributed by atoms with Crippen LogP contribution < -0.4 is 5.32 Å². The highest BCUT2D eigenvalue weighted by atomic mass is 16.4. The van der Waals surface area contributed by atoms with E-state index in [0.717, 1.165) is 18.4 Å². The van der Waals surface area contributed by atoms with Crippen LogP contribution in [-0.4, -0.2) is 28.0 Å². The highest BCUT2D eigenvalue weighted by molar-refractivity contribution is 5.90. The summed E-state index contributed by atoms with van der Waals surface area (Å²) in [7, 11) is 0. The van der Waals surface area contributed by atoms with Gasteiger partial charge in [0.25, 0.3) is 0 Å². The molecule has 2 N–H and O–H groups in total. The van der Waals surface area contributed by atoms with Crippen LogP contribution >= 0.6 is 0 Å². The zero-order valence-corrected chi connectivity index (χ0v) is 12.2. The molecule has 20 heavy (non-hydrogen) atoms. The van der Waals surface area contributed by atoms with Crippen molar-refractivity contribution in [2.75, 3.05) is 0 Å². The standard InChI is InChI=1S/C15H22N2O3/c1-4-5-8-12(13(18)19)17-14(20)15(2,3)11-7-6-9-16-10-11/h6-7,9-10,12H,4-5,8H2,1-3H3,(H,17,20)(H,18,19). The molecule has 0 aliphatic carbocycles. The SMILES string of the molecule is CCCCC(NC(=O)C(C)(C)c1cccnc1)C(=O)O. The van der Waals surface area contributed by atoms with Gasteiger partial charge in [-0.15, -0.1) is 0 Å². The maximum Gasteiger partial charge on any atom is 0.326 e. The quantitative estimate of drug-likeness (QED) is 0.800. The second kappa shape index (κ2) is 7.03. The lowest BCUT2D eigenvalue weighted by Gasteiger charge is -2.26. The number of nitrogens with zero attached hydrogens (tertiary/aromatic N) is 1. The molecule has 1 rings (SSSR count). The highest BCUT2D eigenvalue weighted by Crippen LogP contribution is 2.22. The number of carbonyl (C=O) groups excluding carboxylic acids is 1. The number of aliphatic carboxylic acids is 1. The van der Waals surface area contributed by atoms with Crippen LogP contribution in [0.1, 0.15) is 45.6 Å². The summed E-state index contributed by atoms with van der Waals surface area (Å²) in [4.78, 5) is 27.5. The molecule has 0 radical (unpaired) electrons. The molecule has 1 heterocycles. The van der Waals surface area contributed by atoms with Gasteiger partial charge in [-0.05, 0) is 31.9 Å². The van der Waals surface area contributed by atoms with E-state index in [2.05, 4.69) is 10.3 Å². The van der Waals surface area contributed by atoms with Gasteiger partial charge in [-0.25, -0.2) is 4.79 Å². The summed E-state index contributed by atoms with van der Waals surface area (Å²) < 4.78 is 0. The van der Waals surface area contributed by atoms with Crippen LogP contribution in [0, 0.1) is 0 Å². The Bertz CT molecular complexity index is 457. The van der Waals surface area contributed by atoms with Crippen molar-refractivity contribution in [3.05, 3.63) is 30.1 Å². The van der Waals surface area contributed by atoms with Gasteiger partial charge in [0.2, 0.25) is 5.91 Å². The molecule has 5 nitrogen and oxygen atoms in total. The van der Waals surface area contributed by atoms with Gasteiger partial charge in [-0.3, -0.25) is 9.78 Å². The van der Waals surface area contributed by atoms with E-state index in [1.54, 1.807) is 32.3 Å². The summed E-state index contributed by atoms with van der Waals surface area (Å²) in [5, 5.41) is 11.8. The number of aromatic nitrogens is 1. The fraction of sp³-hybridized carbons (Fsp3) is 0.533. The van der Waals surface area contributed by atoms with Gasteiger partial charge in [0.1, 0.15) is 6.04 Å². The third-order valence-corrected chi connectivity index (χ3v) is 3.40. The van der Waals surface area contributed by atoms with Crippen LogP contribution in [0.25, 0.3) is 0 Å². The van der Waals surface area contributed by atoms with Gasteiger partial charge < -0.3 is 10.4 Å². The first-order valence-electron chi connectivity index (χ1n) is 6.83. The predicted molar refractivity (Wildman–Crippen MR) is 76.4 cm³/mol. The maximum absolute atomic E-state index is 12.3. The molecular weight excluding hydrogens is 256 g/mol. The zero-order chi connectivity index (χ0) is 15.2. The second-order valence-corrected chi connectivity index (χ2v) is 5.37. The number of hydrogen-bond acceptors (Lipinski definition) is 3. The topological polar surface area (TPSA) is 79.3 Å². The molecular formula is C15H22N2O3. The van der Waals surface area contributed by atoms with E-state index in [1.165, 1.54) is 0 Å². The van der Waals surface area contributed by atoms with Crippen molar-refractivity contribution < 1.29 is 14.7 Å². The first-order valence-corrected chi connectivity index (χ1v) is 6.83. The molecule has 0 saturated heterocycles. The van der Waals surface area contributed by atoms with Crippen molar-refractivity contribution in [1.29, 1.82) is 0 Å². The first kappa shape index (κ1) is 16.1. The number of rotatable bonds is 7. The second-order valence-electron chi connectivity index (χ2n) is 5.37. The summed E-state index contributed by atoms with van der Waals surface area (Å²) in [5.41, 5.74) is -0.0501. The van der Waals surface area contributed by atoms with E-state index in [0.29, 0.717) is 6.42 Å². The first-order chi connectivity index (χ1) is 9.39. The molecule has 5 heteroatoms. The fourth-order valence-electron chi connectivity index (χ4n) is 1.87. The van der Waals surface area contributed by atoms with Crippen molar-refractivity contribution >= 4 is 11.9 Å². The van der Waals surface area contributed by atoms with Crippen LogP contribution in [0.5, 0.6) is 0 Å². The molecule has 0 fully saturated rings. The van der Waals surface area contributed by atoms with Crippen LogP contribution in [0.4, 0.5) is 0 Å². The predicted octanol–water partition coefficient (Wildman–Crippen LogP) is 2.12. The minimum Gasteiger partial charge on any atom is -0.480 e. The summed E-state index contributed by atoms with van der Waals surface area (Å²) in [5.74, 6) is -1.29. The van der Waals surface area contributed by atoms with Gasteiger partial charge in [-0.1, -0.05) is 25.8 Å². The molecule has 0 aliphatic rings. The molecule has 0 saturated carbocycles. The average molecular weight is 278 g/mol. The monoisotopic (exact) mass is 278 g/mol. The summed E-state index contributed by atoms with van der Waals surface area (Å²) in [6.45, 7) is 5.51. The van der Waals surface area contributed by atoms with Crippen LogP contribution in [0.15, 0.2) is 24.5 Å². The lowest BCUT2D eigenvalue weighted by atomic mass is 9.84. The molecule has 1 amide bonds. The number of pyridine rings is 1. The van der Waals surface area contributed by atoms with Gasteiger partial charge in [0.15, 0.2) is 0 Å². The van der Waals surface area contributed by atoms with Crippen molar-refractivity contribution in [3.63, 3.8) is 0 Å². The molecule has 1 aromatic rings. The van der Waals surface area contributed by atoms with Gasteiger partial charge >= 0.3 is 5.97 Å². The van der Waals surface area contributed by atoms with Crippen LogP contribution in [0.3, 0.4) is 0 Å². The average Bonchev–Trinajstić information content (AvgIpc) is 2.43. The highest BCUT2D eigenvalue weighted by Gasteiger charge is 2.32. The van der Waals surface area contributed by atoms with Crippen molar-refractivity contribution in [2.24, 2.45) is 0 Å². The number of hydrogen-bond donors (Lipinski definition) is 2. The number of amides is 1. The normalized spacial score (nSPS) is 12.8. The third kappa shape index (κ3) is 4.05. The summed E-state index contributed by atoms with van der Waals surface area (Å²) >= 11 is 0. The van der Waals surface area contributed by atoms with Crippen molar-refractivity contribution in [2.45, 2.75) is 51.5 Å². The van der Waals surface area contributed by atoms with E-state index < -0.39 is 17.4 Å². The van der Waals surface area contributed by atoms with E-state index >= 15 is 0 Å². The Morgan fingerprint density at radius 1 is 1.45 bits per heavy atom. The summed E-state index contributed by atoms with van der Waals surface area (Å²) in [6, 6.07) is 2.74. The third-order valence-electron chi connectivity index (χ3n) is 3.40. The molecule has 110 valence electrons. The number of carboxylic acid groups (broad SMARTS) is 1. The molecule has 1 atom stereocenters. The van der Waals surface area contributed by atoms with E-state index in [1.807, 2.05) is 13.0 Å². The van der Waals surface area contributed by atoms with Crippen molar-refractivity contribution in [3.8, 4) is 0 Å². The Morgan fingerprint density at radius 3 is 2.65 bits per heavy atom. The number of unbranched alkanes of at least 4 members (excludes halogenated alkanes) is 1. The summed E-state index contributed by atoms with van der Waals surface area (Å²) in [6.07, 6.45) is 5.37. The molecule has 0 spiro atoms.